The molecule has 1 atom stereocenters. The largest absolute Gasteiger partial charge is 0.480 e. The first-order valence-electron chi connectivity index (χ1n) is 15.0. The van der Waals surface area contributed by atoms with Crippen molar-refractivity contribution in [3.05, 3.63) is 82.1 Å². The summed E-state index contributed by atoms with van der Waals surface area (Å²) in [5.41, 5.74) is 6.17. The Kier molecular flexibility index (Phi) is 9.94. The summed E-state index contributed by atoms with van der Waals surface area (Å²) < 4.78 is 11.1. The number of nitrogens with one attached hydrogen (secondary N) is 4. The summed E-state index contributed by atoms with van der Waals surface area (Å²) in [6.45, 7) is 2.85. The summed E-state index contributed by atoms with van der Waals surface area (Å²) in [7, 11) is 3.13. The van der Waals surface area contributed by atoms with Crippen LogP contribution in [0.15, 0.2) is 60.7 Å². The average molecular weight is 662 g/mol. The average Bonchev–Trinajstić information content (AvgIpc) is 3.47. The summed E-state index contributed by atoms with van der Waals surface area (Å²) in [5, 5.41) is 13.7. The highest BCUT2D eigenvalue weighted by Crippen LogP contribution is 2.42. The molecule has 2 aliphatic heterocycles. The third-order valence-electron chi connectivity index (χ3n) is 7.93. The van der Waals surface area contributed by atoms with Crippen molar-refractivity contribution >= 4 is 29.1 Å². The van der Waals surface area contributed by atoms with Gasteiger partial charge in [0, 0.05) is 59.7 Å². The van der Waals surface area contributed by atoms with E-state index in [1.54, 1.807) is 32.8 Å². The van der Waals surface area contributed by atoms with Gasteiger partial charge in [0.1, 0.15) is 11.4 Å². The van der Waals surface area contributed by atoms with Crippen LogP contribution in [0, 0.1) is 0 Å². The molecule has 46 heavy (non-hydrogen) atoms. The second kappa shape index (κ2) is 14.4. The first kappa shape index (κ1) is 31.7. The molecule has 0 radical (unpaired) electrons. The van der Waals surface area contributed by atoms with Gasteiger partial charge in [-0.05, 0) is 19.4 Å². The van der Waals surface area contributed by atoms with Gasteiger partial charge in [-0.2, -0.15) is 0 Å². The number of hydrogen-bond acceptors (Lipinski definition) is 10. The number of methoxy groups -OCH3 is 2. The summed E-state index contributed by atoms with van der Waals surface area (Å²) >= 11 is 14.1. The van der Waals surface area contributed by atoms with Gasteiger partial charge in [-0.25, -0.2) is 9.97 Å². The van der Waals surface area contributed by atoms with E-state index >= 15 is 0 Å². The Balaban J connectivity index is 1.24. The molecule has 4 heterocycles. The van der Waals surface area contributed by atoms with Gasteiger partial charge in [0.25, 0.3) is 0 Å². The Morgan fingerprint density at radius 1 is 0.870 bits per heavy atom. The van der Waals surface area contributed by atoms with Crippen LogP contribution in [0.5, 0.6) is 11.8 Å². The number of nitrogens with zero attached hydrogens (tertiary/aromatic N) is 4. The molecule has 2 fully saturated rings. The van der Waals surface area contributed by atoms with Gasteiger partial charge < -0.3 is 30.7 Å². The van der Waals surface area contributed by atoms with E-state index in [4.69, 9.17) is 42.6 Å². The number of ether oxygens (including phenoxy) is 2. The van der Waals surface area contributed by atoms with Gasteiger partial charge in [0.15, 0.2) is 0 Å². The number of aromatic nitrogens is 4. The molecule has 2 aromatic heterocycles. The lowest BCUT2D eigenvalue weighted by atomic mass is 9.98. The third kappa shape index (κ3) is 6.92. The van der Waals surface area contributed by atoms with Crippen molar-refractivity contribution in [2.24, 2.45) is 0 Å². The van der Waals surface area contributed by atoms with Crippen LogP contribution >= 0.6 is 23.2 Å². The Morgan fingerprint density at radius 2 is 1.43 bits per heavy atom. The van der Waals surface area contributed by atoms with E-state index in [2.05, 4.69) is 31.2 Å². The zero-order valence-corrected chi connectivity index (χ0v) is 27.0. The molecule has 0 bridgehead atoms. The van der Waals surface area contributed by atoms with Crippen LogP contribution < -0.4 is 30.7 Å². The third-order valence-corrected chi connectivity index (χ3v) is 8.74. The predicted molar refractivity (Wildman–Crippen MR) is 177 cm³/mol. The van der Waals surface area contributed by atoms with E-state index in [0.717, 1.165) is 35.6 Å². The lowest BCUT2D eigenvalue weighted by molar-refractivity contribution is -0.118. The van der Waals surface area contributed by atoms with E-state index in [1.165, 1.54) is 6.42 Å². The molecule has 4 aromatic rings. The van der Waals surface area contributed by atoms with Crippen LogP contribution in [0.3, 0.4) is 0 Å². The SMILES string of the molecule is COc1nc(-c2cccc(-c3cccc(-c4cnc(CNC[C@H]5CCN5)c(OC)n4)c3Cl)c2Cl)cnc1CN/C=C1\CCC(=O)N1. The molecule has 4 N–H and O–H groups in total. The molecule has 2 aromatic carbocycles. The van der Waals surface area contributed by atoms with Crippen molar-refractivity contribution in [3.63, 3.8) is 0 Å². The Bertz CT molecular complexity index is 1780. The van der Waals surface area contributed by atoms with Crippen molar-refractivity contribution in [2.75, 3.05) is 27.3 Å². The lowest BCUT2D eigenvalue weighted by Crippen LogP contribution is -2.48. The van der Waals surface area contributed by atoms with Crippen molar-refractivity contribution < 1.29 is 14.3 Å². The minimum absolute atomic E-state index is 0.0189. The standard InChI is InChI=1S/C33H34Cl2N8O3/c1-45-32-27(15-36-13-19-11-12-38-19)39-17-25(42-32)23-7-3-5-21(30(23)34)22-6-4-8-24(31(22)35)26-18-40-28(33(43-26)46-2)16-37-14-20-9-10-29(44)41-20/h3-8,14,17-19,36-38H,9-13,15-16H2,1-2H3,(H,41,44)/b20-14+/t19-/m1/s1. The number of rotatable bonds is 12. The maximum absolute atomic E-state index is 11.4. The molecule has 2 saturated heterocycles. The van der Waals surface area contributed by atoms with Crippen LogP contribution in [0.4, 0.5) is 0 Å². The molecule has 0 aliphatic carbocycles. The van der Waals surface area contributed by atoms with Gasteiger partial charge in [-0.1, -0.05) is 59.6 Å². The fraction of sp³-hybridized carbons (Fsp3) is 0.303. The van der Waals surface area contributed by atoms with Crippen LogP contribution in [-0.4, -0.2) is 59.2 Å². The number of amides is 1. The Morgan fingerprint density at radius 3 is 1.93 bits per heavy atom. The molecule has 11 nitrogen and oxygen atoms in total. The van der Waals surface area contributed by atoms with E-state index in [0.29, 0.717) is 82.0 Å². The molecule has 0 saturated carbocycles. The molecule has 238 valence electrons. The monoisotopic (exact) mass is 660 g/mol. The number of carbonyl (C=O) groups excluding carboxylic acids is 1. The van der Waals surface area contributed by atoms with Gasteiger partial charge in [-0.15, -0.1) is 0 Å². The fourth-order valence-electron chi connectivity index (χ4n) is 5.32. The number of halogens is 2. The van der Waals surface area contributed by atoms with E-state index < -0.39 is 0 Å². The topological polar surface area (TPSA) is 135 Å². The maximum atomic E-state index is 11.4. The second-order valence-corrected chi connectivity index (χ2v) is 11.7. The molecule has 0 spiro atoms. The van der Waals surface area contributed by atoms with E-state index in [-0.39, 0.29) is 5.91 Å². The van der Waals surface area contributed by atoms with Crippen molar-refractivity contribution in [2.45, 2.75) is 38.4 Å². The lowest BCUT2D eigenvalue weighted by Gasteiger charge is -2.27. The highest BCUT2D eigenvalue weighted by Gasteiger charge is 2.20. The van der Waals surface area contributed by atoms with Gasteiger partial charge in [0.05, 0.1) is 54.6 Å². The van der Waals surface area contributed by atoms with Crippen molar-refractivity contribution in [1.82, 2.24) is 41.2 Å². The highest BCUT2D eigenvalue weighted by molar-refractivity contribution is 6.39. The first-order chi connectivity index (χ1) is 22.4. The molecule has 2 aliphatic rings. The van der Waals surface area contributed by atoms with E-state index in [1.807, 2.05) is 36.4 Å². The van der Waals surface area contributed by atoms with Crippen LogP contribution in [0.2, 0.25) is 10.0 Å². The summed E-state index contributed by atoms with van der Waals surface area (Å²) in [6.07, 6.45) is 7.49. The minimum atomic E-state index is 0.0189. The fourth-order valence-corrected chi connectivity index (χ4v) is 5.97. The number of allylic oxidation sites excluding steroid dienone is 1. The molecule has 1 amide bonds. The van der Waals surface area contributed by atoms with Crippen LogP contribution in [0.1, 0.15) is 30.7 Å². The number of carbonyl (C=O) groups is 1. The summed E-state index contributed by atoms with van der Waals surface area (Å²) in [5.74, 6) is 0.831. The predicted octanol–water partition coefficient (Wildman–Crippen LogP) is 4.88. The zero-order chi connectivity index (χ0) is 32.0. The first-order valence-corrected chi connectivity index (χ1v) is 15.7. The normalized spacial score (nSPS) is 16.7. The minimum Gasteiger partial charge on any atom is -0.480 e. The smallest absolute Gasteiger partial charge is 0.237 e. The summed E-state index contributed by atoms with van der Waals surface area (Å²) in [6, 6.07) is 11.9. The second-order valence-electron chi connectivity index (χ2n) is 10.9. The van der Waals surface area contributed by atoms with Gasteiger partial charge >= 0.3 is 0 Å². The van der Waals surface area contributed by atoms with Crippen LogP contribution in [-0.2, 0) is 17.9 Å². The maximum Gasteiger partial charge on any atom is 0.237 e. The molecule has 0 unspecified atom stereocenters. The quantitative estimate of drug-likeness (QED) is 0.166. The van der Waals surface area contributed by atoms with Crippen LogP contribution in [0.25, 0.3) is 33.6 Å². The molecule has 6 rings (SSSR count). The zero-order valence-electron chi connectivity index (χ0n) is 25.5. The van der Waals surface area contributed by atoms with Gasteiger partial charge in [0.2, 0.25) is 17.7 Å². The van der Waals surface area contributed by atoms with Gasteiger partial charge in [-0.3, -0.25) is 14.8 Å². The highest BCUT2D eigenvalue weighted by atomic mass is 35.5. The molecular weight excluding hydrogens is 627 g/mol. The van der Waals surface area contributed by atoms with Crippen molar-refractivity contribution in [3.8, 4) is 45.4 Å². The van der Waals surface area contributed by atoms with E-state index in [9.17, 15) is 4.79 Å². The van der Waals surface area contributed by atoms with Crippen molar-refractivity contribution in [1.29, 1.82) is 0 Å². The number of benzene rings is 2. The number of hydrogen-bond donors (Lipinski definition) is 4. The molecule has 13 heteroatoms. The Labute approximate surface area is 277 Å². The molecular formula is C33H34Cl2N8O3. The Hall–Kier alpha value is -4.29. The summed E-state index contributed by atoms with van der Waals surface area (Å²) in [4.78, 5) is 30.1.